The summed E-state index contributed by atoms with van der Waals surface area (Å²) >= 11 is 0. The van der Waals surface area contributed by atoms with Crippen molar-refractivity contribution in [3.63, 3.8) is 0 Å². The van der Waals surface area contributed by atoms with Crippen LogP contribution in [-0.2, 0) is 16.1 Å². The highest BCUT2D eigenvalue weighted by atomic mass is 16.2. The first-order chi connectivity index (χ1) is 14.5. The highest BCUT2D eigenvalue weighted by Gasteiger charge is 2.45. The standard InChI is InChI=1S/C22H26N4O4/c27-18-7-6-17(20(28)25-18)26-21(29)15-3-1-2-14(19(15)22(26)30)11-24-16-8-12-4-5-13(16)10-23-9-12/h1-3,12-13,16-17,23-24H,4-11H2,(H,25,27,28)/t12-,13-,16-,17?/m1/s1. The maximum absolute atomic E-state index is 13.2. The third-order valence-electron chi connectivity index (χ3n) is 7.05. The first-order valence-electron chi connectivity index (χ1n) is 10.8. The Morgan fingerprint density at radius 1 is 1.03 bits per heavy atom. The summed E-state index contributed by atoms with van der Waals surface area (Å²) < 4.78 is 0. The van der Waals surface area contributed by atoms with Crippen LogP contribution >= 0.6 is 0 Å². The number of benzene rings is 1. The van der Waals surface area contributed by atoms with Crippen LogP contribution in [0.3, 0.4) is 0 Å². The molecule has 4 aliphatic heterocycles. The van der Waals surface area contributed by atoms with Crippen LogP contribution in [0.1, 0.15) is 58.4 Å². The average molecular weight is 410 g/mol. The summed E-state index contributed by atoms with van der Waals surface area (Å²) in [5, 5.41) is 9.41. The SMILES string of the molecule is O=C1CCC(N2C(=O)c3cccc(CN[C@@H]4C[C@H]5CC[C@@H]4CNC5)c3C2=O)C(=O)N1. The van der Waals surface area contributed by atoms with Crippen molar-refractivity contribution >= 4 is 23.6 Å². The van der Waals surface area contributed by atoms with Crippen molar-refractivity contribution in [2.24, 2.45) is 11.8 Å². The van der Waals surface area contributed by atoms with Gasteiger partial charge < -0.3 is 10.6 Å². The summed E-state index contributed by atoms with van der Waals surface area (Å²) in [6, 6.07) is 4.77. The van der Waals surface area contributed by atoms with E-state index >= 15 is 0 Å². The van der Waals surface area contributed by atoms with Gasteiger partial charge in [0, 0.05) is 19.0 Å². The Bertz CT molecular complexity index is 926. The fourth-order valence-electron chi connectivity index (χ4n) is 5.45. The number of fused-ring (bicyclic) bond motifs is 5. The molecular weight excluding hydrogens is 384 g/mol. The lowest BCUT2D eigenvalue weighted by Gasteiger charge is -2.33. The molecule has 30 heavy (non-hydrogen) atoms. The first-order valence-corrected chi connectivity index (χ1v) is 10.8. The van der Waals surface area contributed by atoms with Gasteiger partial charge in [-0.05, 0) is 62.2 Å². The Morgan fingerprint density at radius 2 is 1.90 bits per heavy atom. The lowest BCUT2D eigenvalue weighted by molar-refractivity contribution is -0.136. The minimum absolute atomic E-state index is 0.122. The molecule has 1 aromatic carbocycles. The number of carbonyl (C=O) groups is 4. The van der Waals surface area contributed by atoms with Gasteiger partial charge in [-0.15, -0.1) is 0 Å². The Hall–Kier alpha value is -2.58. The van der Waals surface area contributed by atoms with Crippen LogP contribution in [0.4, 0.5) is 0 Å². The normalized spacial score (nSPS) is 31.0. The van der Waals surface area contributed by atoms with E-state index in [0.717, 1.165) is 30.0 Å². The largest absolute Gasteiger partial charge is 0.316 e. The van der Waals surface area contributed by atoms with E-state index in [4.69, 9.17) is 0 Å². The molecule has 3 saturated heterocycles. The minimum atomic E-state index is -0.931. The van der Waals surface area contributed by atoms with Gasteiger partial charge in [-0.25, -0.2) is 0 Å². The molecule has 0 aromatic heterocycles. The van der Waals surface area contributed by atoms with E-state index in [1.165, 1.54) is 12.8 Å². The van der Waals surface area contributed by atoms with Crippen molar-refractivity contribution in [2.75, 3.05) is 13.1 Å². The first kappa shape index (κ1) is 19.4. The molecule has 6 rings (SSSR count). The van der Waals surface area contributed by atoms with Gasteiger partial charge in [0.2, 0.25) is 11.8 Å². The lowest BCUT2D eigenvalue weighted by Crippen LogP contribution is -2.54. The predicted molar refractivity (Wildman–Crippen MR) is 107 cm³/mol. The summed E-state index contributed by atoms with van der Waals surface area (Å²) in [4.78, 5) is 50.9. The van der Waals surface area contributed by atoms with Crippen LogP contribution < -0.4 is 16.0 Å². The third-order valence-corrected chi connectivity index (χ3v) is 7.05. The van der Waals surface area contributed by atoms with E-state index in [1.54, 1.807) is 12.1 Å². The molecule has 4 heterocycles. The molecule has 1 aromatic rings. The Balaban J connectivity index is 1.36. The highest BCUT2D eigenvalue weighted by molar-refractivity contribution is 6.24. The van der Waals surface area contributed by atoms with Gasteiger partial charge in [-0.3, -0.25) is 29.4 Å². The summed E-state index contributed by atoms with van der Waals surface area (Å²) in [5.41, 5.74) is 1.51. The molecule has 4 fully saturated rings. The second-order valence-electron chi connectivity index (χ2n) is 8.87. The molecule has 0 radical (unpaired) electrons. The van der Waals surface area contributed by atoms with Crippen LogP contribution in [0.5, 0.6) is 0 Å². The molecule has 1 saturated carbocycles. The van der Waals surface area contributed by atoms with E-state index in [0.29, 0.717) is 35.5 Å². The monoisotopic (exact) mass is 410 g/mol. The van der Waals surface area contributed by atoms with Gasteiger partial charge in [0.05, 0.1) is 11.1 Å². The fraction of sp³-hybridized carbons (Fsp3) is 0.545. The molecule has 1 unspecified atom stereocenters. The number of piperidine rings is 1. The molecule has 8 heteroatoms. The van der Waals surface area contributed by atoms with Crippen LogP contribution in [0.2, 0.25) is 0 Å². The van der Waals surface area contributed by atoms with Gasteiger partial charge in [-0.1, -0.05) is 12.1 Å². The van der Waals surface area contributed by atoms with Crippen LogP contribution in [0.25, 0.3) is 0 Å². The molecule has 2 bridgehead atoms. The van der Waals surface area contributed by atoms with E-state index < -0.39 is 23.8 Å². The van der Waals surface area contributed by atoms with Crippen molar-refractivity contribution < 1.29 is 19.2 Å². The smallest absolute Gasteiger partial charge is 0.262 e. The number of hydrogen-bond acceptors (Lipinski definition) is 6. The van der Waals surface area contributed by atoms with Crippen molar-refractivity contribution in [2.45, 2.75) is 50.7 Å². The molecule has 158 valence electrons. The number of hydrogen-bond donors (Lipinski definition) is 3. The maximum atomic E-state index is 13.2. The Morgan fingerprint density at radius 3 is 2.73 bits per heavy atom. The zero-order chi connectivity index (χ0) is 20.8. The van der Waals surface area contributed by atoms with Gasteiger partial charge >= 0.3 is 0 Å². The van der Waals surface area contributed by atoms with E-state index in [2.05, 4.69) is 16.0 Å². The van der Waals surface area contributed by atoms with Crippen molar-refractivity contribution in [3.8, 4) is 0 Å². The van der Waals surface area contributed by atoms with Crippen LogP contribution in [0, 0.1) is 11.8 Å². The third kappa shape index (κ3) is 3.24. The van der Waals surface area contributed by atoms with Crippen molar-refractivity contribution in [3.05, 3.63) is 34.9 Å². The second-order valence-corrected chi connectivity index (χ2v) is 8.87. The maximum Gasteiger partial charge on any atom is 0.262 e. The Kier molecular flexibility index (Phi) is 4.91. The molecular formula is C22H26N4O4. The lowest BCUT2D eigenvalue weighted by atomic mass is 9.80. The minimum Gasteiger partial charge on any atom is -0.316 e. The van der Waals surface area contributed by atoms with Gasteiger partial charge in [0.25, 0.3) is 11.8 Å². The highest BCUT2D eigenvalue weighted by Crippen LogP contribution is 2.33. The number of nitrogens with zero attached hydrogens (tertiary/aromatic N) is 1. The molecule has 3 N–H and O–H groups in total. The number of nitrogens with one attached hydrogen (secondary N) is 3. The number of carbonyl (C=O) groups excluding carboxylic acids is 4. The van der Waals surface area contributed by atoms with Crippen molar-refractivity contribution in [1.29, 1.82) is 0 Å². The van der Waals surface area contributed by atoms with Crippen LogP contribution in [0.15, 0.2) is 18.2 Å². The fourth-order valence-corrected chi connectivity index (χ4v) is 5.45. The zero-order valence-corrected chi connectivity index (χ0v) is 16.8. The quantitative estimate of drug-likeness (QED) is 0.627. The summed E-state index contributed by atoms with van der Waals surface area (Å²) in [6.45, 7) is 2.60. The van der Waals surface area contributed by atoms with E-state index in [1.807, 2.05) is 6.07 Å². The van der Waals surface area contributed by atoms with Gasteiger partial charge in [0.15, 0.2) is 0 Å². The number of rotatable bonds is 4. The molecule has 0 spiro atoms. The number of amides is 4. The van der Waals surface area contributed by atoms with Gasteiger partial charge in [0.1, 0.15) is 6.04 Å². The topological polar surface area (TPSA) is 108 Å². The zero-order valence-electron chi connectivity index (χ0n) is 16.8. The molecule has 4 atom stereocenters. The van der Waals surface area contributed by atoms with Crippen LogP contribution in [-0.4, -0.2) is 53.7 Å². The summed E-state index contributed by atoms with van der Waals surface area (Å²) in [5.74, 6) is -0.575. The molecule has 4 amide bonds. The molecule has 1 aliphatic carbocycles. The second kappa shape index (κ2) is 7.59. The molecule has 8 nitrogen and oxygen atoms in total. The van der Waals surface area contributed by atoms with E-state index in [-0.39, 0.29) is 18.7 Å². The van der Waals surface area contributed by atoms with Crippen molar-refractivity contribution in [1.82, 2.24) is 20.9 Å². The number of imide groups is 2. The average Bonchev–Trinajstić information content (AvgIpc) is 2.95. The predicted octanol–water partition coefficient (Wildman–Crippen LogP) is 0.566. The summed E-state index contributed by atoms with van der Waals surface area (Å²) in [6.07, 6.45) is 3.90. The summed E-state index contributed by atoms with van der Waals surface area (Å²) in [7, 11) is 0. The van der Waals surface area contributed by atoms with Gasteiger partial charge in [-0.2, -0.15) is 0 Å². The molecule has 5 aliphatic rings. The van der Waals surface area contributed by atoms with E-state index in [9.17, 15) is 19.2 Å². The Labute approximate surface area is 174 Å².